The molecule has 0 aromatic rings. The summed E-state index contributed by atoms with van der Waals surface area (Å²) in [7, 11) is 0. The Hall–Kier alpha value is -0.530. The third kappa shape index (κ3) is 2.04. The molecule has 0 heterocycles. The third-order valence-electron chi connectivity index (χ3n) is 3.49. The van der Waals surface area contributed by atoms with Crippen LogP contribution in [0.4, 0.5) is 0 Å². The second-order valence-electron chi connectivity index (χ2n) is 4.94. The molecular weight excluding hydrogens is 162 g/mol. The average molecular weight is 181 g/mol. The maximum atomic E-state index is 11.6. The molecule has 0 spiro atoms. The molecule has 0 bridgehead atoms. The van der Waals surface area contributed by atoms with Crippen molar-refractivity contribution in [3.63, 3.8) is 0 Å². The highest BCUT2D eigenvalue weighted by Gasteiger charge is 2.40. The van der Waals surface area contributed by atoms with E-state index in [0.717, 1.165) is 12.3 Å². The van der Waals surface area contributed by atoms with Crippen molar-refractivity contribution >= 4 is 5.91 Å². The maximum Gasteiger partial charge on any atom is 0.223 e. The molecule has 0 aromatic carbocycles. The Morgan fingerprint density at radius 1 is 1.23 bits per heavy atom. The van der Waals surface area contributed by atoms with E-state index < -0.39 is 0 Å². The van der Waals surface area contributed by atoms with Crippen LogP contribution in [-0.2, 0) is 4.79 Å². The molecule has 2 heteroatoms. The van der Waals surface area contributed by atoms with Crippen molar-refractivity contribution in [3.05, 3.63) is 0 Å². The van der Waals surface area contributed by atoms with Gasteiger partial charge in [0.15, 0.2) is 0 Å². The fraction of sp³-hybridized carbons (Fsp3) is 0.909. The molecule has 13 heavy (non-hydrogen) atoms. The van der Waals surface area contributed by atoms with Gasteiger partial charge >= 0.3 is 0 Å². The zero-order chi connectivity index (χ0) is 9.42. The van der Waals surface area contributed by atoms with Gasteiger partial charge < -0.3 is 5.32 Å². The summed E-state index contributed by atoms with van der Waals surface area (Å²) in [5, 5.41) is 3.16. The van der Waals surface area contributed by atoms with Crippen molar-refractivity contribution in [2.75, 3.05) is 0 Å². The van der Waals surface area contributed by atoms with Crippen molar-refractivity contribution in [2.45, 2.75) is 45.6 Å². The molecule has 0 radical (unpaired) electrons. The van der Waals surface area contributed by atoms with Gasteiger partial charge in [0.05, 0.1) is 0 Å². The Bertz CT molecular complexity index is 214. The molecule has 4 unspecified atom stereocenters. The van der Waals surface area contributed by atoms with Gasteiger partial charge in [0.25, 0.3) is 0 Å². The van der Waals surface area contributed by atoms with Crippen LogP contribution in [-0.4, -0.2) is 11.9 Å². The molecule has 2 fully saturated rings. The van der Waals surface area contributed by atoms with Crippen LogP contribution >= 0.6 is 0 Å². The van der Waals surface area contributed by atoms with Crippen LogP contribution in [0.3, 0.4) is 0 Å². The number of hydrogen-bond acceptors (Lipinski definition) is 1. The van der Waals surface area contributed by atoms with E-state index in [0.29, 0.717) is 23.8 Å². The topological polar surface area (TPSA) is 29.1 Å². The first-order chi connectivity index (χ1) is 6.16. The van der Waals surface area contributed by atoms with Gasteiger partial charge in [0.2, 0.25) is 5.91 Å². The lowest BCUT2D eigenvalue weighted by Gasteiger charge is -2.11. The Labute approximate surface area is 80.1 Å². The van der Waals surface area contributed by atoms with Crippen molar-refractivity contribution in [1.29, 1.82) is 0 Å². The Kier molecular flexibility index (Phi) is 2.31. The number of rotatable bonds is 2. The molecular formula is C11H19NO. The minimum Gasteiger partial charge on any atom is -0.353 e. The molecule has 1 N–H and O–H groups in total. The van der Waals surface area contributed by atoms with Gasteiger partial charge in [-0.25, -0.2) is 0 Å². The monoisotopic (exact) mass is 181 g/mol. The van der Waals surface area contributed by atoms with E-state index in [1.807, 2.05) is 0 Å². The standard InChI is InChI=1S/C11H19NO/c1-7-3-4-9(5-7)12-11(13)10-6-8(10)2/h7-10H,3-6H2,1-2H3,(H,12,13). The fourth-order valence-electron chi connectivity index (χ4n) is 2.33. The van der Waals surface area contributed by atoms with Gasteiger partial charge in [-0.1, -0.05) is 13.8 Å². The van der Waals surface area contributed by atoms with E-state index >= 15 is 0 Å². The number of amides is 1. The smallest absolute Gasteiger partial charge is 0.223 e. The van der Waals surface area contributed by atoms with Crippen LogP contribution in [0.5, 0.6) is 0 Å². The fourth-order valence-corrected chi connectivity index (χ4v) is 2.33. The Morgan fingerprint density at radius 2 is 1.92 bits per heavy atom. The summed E-state index contributed by atoms with van der Waals surface area (Å²) in [5.74, 6) is 2.10. The van der Waals surface area contributed by atoms with Gasteiger partial charge in [-0.15, -0.1) is 0 Å². The second kappa shape index (κ2) is 3.32. The van der Waals surface area contributed by atoms with Gasteiger partial charge in [0.1, 0.15) is 0 Å². The number of carbonyl (C=O) groups is 1. The predicted molar refractivity (Wildman–Crippen MR) is 52.2 cm³/mol. The van der Waals surface area contributed by atoms with Crippen LogP contribution in [0.25, 0.3) is 0 Å². The van der Waals surface area contributed by atoms with Crippen LogP contribution in [0.2, 0.25) is 0 Å². The SMILES string of the molecule is CC1CCC(NC(=O)C2CC2C)C1. The van der Waals surface area contributed by atoms with Crippen molar-refractivity contribution in [2.24, 2.45) is 17.8 Å². The minimum atomic E-state index is 0.312. The highest BCUT2D eigenvalue weighted by atomic mass is 16.2. The van der Waals surface area contributed by atoms with Gasteiger partial charge in [-0.2, -0.15) is 0 Å². The molecule has 2 rings (SSSR count). The van der Waals surface area contributed by atoms with Gasteiger partial charge in [-0.05, 0) is 37.5 Å². The molecule has 74 valence electrons. The molecule has 0 aromatic heterocycles. The van der Waals surface area contributed by atoms with Crippen LogP contribution < -0.4 is 5.32 Å². The lowest BCUT2D eigenvalue weighted by Crippen LogP contribution is -2.34. The van der Waals surface area contributed by atoms with Gasteiger partial charge in [-0.3, -0.25) is 4.79 Å². The first kappa shape index (κ1) is 9.04. The molecule has 2 aliphatic rings. The molecule has 2 saturated carbocycles. The normalized spacial score (nSPS) is 43.2. The molecule has 0 saturated heterocycles. The van der Waals surface area contributed by atoms with Crippen LogP contribution in [0.1, 0.15) is 39.5 Å². The van der Waals surface area contributed by atoms with E-state index in [1.165, 1.54) is 19.3 Å². The summed E-state index contributed by atoms with van der Waals surface area (Å²) in [5.41, 5.74) is 0. The number of hydrogen-bond donors (Lipinski definition) is 1. The quantitative estimate of drug-likeness (QED) is 0.693. The van der Waals surface area contributed by atoms with Crippen molar-refractivity contribution < 1.29 is 4.79 Å². The van der Waals surface area contributed by atoms with E-state index in [9.17, 15) is 4.79 Å². The molecule has 0 aliphatic heterocycles. The summed E-state index contributed by atoms with van der Waals surface area (Å²) < 4.78 is 0. The molecule has 2 nitrogen and oxygen atoms in total. The van der Waals surface area contributed by atoms with E-state index in [4.69, 9.17) is 0 Å². The van der Waals surface area contributed by atoms with Crippen molar-refractivity contribution in [1.82, 2.24) is 5.32 Å². The second-order valence-corrected chi connectivity index (χ2v) is 4.94. The zero-order valence-electron chi connectivity index (χ0n) is 8.55. The summed E-state index contributed by atoms with van der Waals surface area (Å²) in [6.07, 6.45) is 4.76. The number of nitrogens with one attached hydrogen (secondary N) is 1. The van der Waals surface area contributed by atoms with E-state index in [-0.39, 0.29) is 0 Å². The molecule has 1 amide bonds. The first-order valence-corrected chi connectivity index (χ1v) is 5.47. The third-order valence-corrected chi connectivity index (χ3v) is 3.49. The minimum absolute atomic E-state index is 0.312. The first-order valence-electron chi connectivity index (χ1n) is 5.47. The van der Waals surface area contributed by atoms with E-state index in [2.05, 4.69) is 19.2 Å². The zero-order valence-corrected chi connectivity index (χ0v) is 8.55. The predicted octanol–water partition coefficient (Wildman–Crippen LogP) is 1.95. The molecule has 4 atom stereocenters. The van der Waals surface area contributed by atoms with Crippen LogP contribution in [0, 0.1) is 17.8 Å². The van der Waals surface area contributed by atoms with Gasteiger partial charge in [0, 0.05) is 12.0 Å². The lowest BCUT2D eigenvalue weighted by molar-refractivity contribution is -0.123. The Balaban J connectivity index is 1.75. The summed E-state index contributed by atoms with van der Waals surface area (Å²) >= 11 is 0. The van der Waals surface area contributed by atoms with Crippen LogP contribution in [0.15, 0.2) is 0 Å². The maximum absolute atomic E-state index is 11.6. The van der Waals surface area contributed by atoms with E-state index in [1.54, 1.807) is 0 Å². The number of carbonyl (C=O) groups excluding carboxylic acids is 1. The summed E-state index contributed by atoms with van der Waals surface area (Å²) in [6, 6.07) is 0.482. The van der Waals surface area contributed by atoms with Crippen molar-refractivity contribution in [3.8, 4) is 0 Å². The highest BCUT2D eigenvalue weighted by Crippen LogP contribution is 2.38. The summed E-state index contributed by atoms with van der Waals surface area (Å²) in [4.78, 5) is 11.6. The highest BCUT2D eigenvalue weighted by molar-refractivity contribution is 5.81. The lowest BCUT2D eigenvalue weighted by atomic mass is 10.1. The average Bonchev–Trinajstić information content (AvgIpc) is 2.66. The molecule has 2 aliphatic carbocycles. The largest absolute Gasteiger partial charge is 0.353 e. The summed E-state index contributed by atoms with van der Waals surface area (Å²) in [6.45, 7) is 4.42. The Morgan fingerprint density at radius 3 is 2.38 bits per heavy atom.